The minimum atomic E-state index is -1.10. The Kier molecular flexibility index (Phi) is 7.58. The van der Waals surface area contributed by atoms with Gasteiger partial charge in [0, 0.05) is 17.1 Å². The lowest BCUT2D eigenvalue weighted by atomic mass is 10.2. The number of carbonyl (C=O) groups is 1. The Hall–Kier alpha value is -1.73. The Morgan fingerprint density at radius 1 is 1.20 bits per heavy atom. The highest BCUT2D eigenvalue weighted by atomic mass is 35.5. The van der Waals surface area contributed by atoms with Crippen LogP contribution in [0.3, 0.4) is 0 Å². The number of nitrogens with one attached hydrogen (secondary N) is 2. The predicted molar refractivity (Wildman–Crippen MR) is 101 cm³/mol. The Bertz CT molecular complexity index is 721. The van der Waals surface area contributed by atoms with Crippen LogP contribution in [0.4, 0.5) is 5.69 Å². The zero-order chi connectivity index (χ0) is 16.8. The summed E-state index contributed by atoms with van der Waals surface area (Å²) in [5, 5.41) is 6.01. The average molecular weight is 381 g/mol. The molecule has 2 aromatic carbocycles. The van der Waals surface area contributed by atoms with E-state index in [4.69, 9.17) is 4.74 Å². The fourth-order valence-electron chi connectivity index (χ4n) is 2.51. The van der Waals surface area contributed by atoms with Gasteiger partial charge in [0.2, 0.25) is 5.91 Å². The van der Waals surface area contributed by atoms with Gasteiger partial charge >= 0.3 is 0 Å². The van der Waals surface area contributed by atoms with Crippen LogP contribution in [0, 0.1) is 0 Å². The summed E-state index contributed by atoms with van der Waals surface area (Å²) in [6.07, 6.45) is 0. The third-order valence-corrected chi connectivity index (χ3v) is 5.13. The maximum absolute atomic E-state index is 12.4. The molecule has 7 heteroatoms. The molecule has 1 amide bonds. The van der Waals surface area contributed by atoms with Crippen LogP contribution in [0.2, 0.25) is 0 Å². The molecular weight excluding hydrogens is 360 g/mol. The second-order valence-corrected chi connectivity index (χ2v) is 7.03. The van der Waals surface area contributed by atoms with Crippen LogP contribution < -0.4 is 10.6 Å². The van der Waals surface area contributed by atoms with Crippen LogP contribution >= 0.6 is 12.4 Å². The second-order valence-electron chi connectivity index (χ2n) is 5.57. The maximum Gasteiger partial charge on any atom is 0.243 e. The Morgan fingerprint density at radius 3 is 2.72 bits per heavy atom. The number of halogens is 1. The summed E-state index contributed by atoms with van der Waals surface area (Å²) in [7, 11) is -1.10. The van der Waals surface area contributed by atoms with Gasteiger partial charge in [-0.05, 0) is 29.8 Å². The number of rotatable bonds is 5. The number of anilines is 1. The Labute approximate surface area is 156 Å². The number of amides is 1. The molecule has 0 bridgehead atoms. The number of benzene rings is 2. The molecule has 5 nitrogen and oxygen atoms in total. The monoisotopic (exact) mass is 380 g/mol. The van der Waals surface area contributed by atoms with E-state index >= 15 is 0 Å². The van der Waals surface area contributed by atoms with E-state index in [1.165, 1.54) is 0 Å². The third-order valence-electron chi connectivity index (χ3n) is 3.74. The number of ether oxygens (including phenoxy) is 1. The minimum Gasteiger partial charge on any atom is -0.378 e. The highest BCUT2D eigenvalue weighted by Crippen LogP contribution is 2.16. The van der Waals surface area contributed by atoms with Crippen LogP contribution in [-0.4, -0.2) is 35.9 Å². The van der Waals surface area contributed by atoms with Crippen LogP contribution in [0.1, 0.15) is 5.56 Å². The molecule has 1 aliphatic rings. The highest BCUT2D eigenvalue weighted by molar-refractivity contribution is 7.84. The molecule has 1 aliphatic heterocycles. The van der Waals surface area contributed by atoms with Gasteiger partial charge in [0.05, 0.1) is 29.8 Å². The normalized spacial score (nSPS) is 18.0. The fourth-order valence-corrected chi connectivity index (χ4v) is 3.62. The molecule has 1 fully saturated rings. The summed E-state index contributed by atoms with van der Waals surface area (Å²) < 4.78 is 17.7. The largest absolute Gasteiger partial charge is 0.378 e. The molecule has 25 heavy (non-hydrogen) atoms. The van der Waals surface area contributed by atoms with Gasteiger partial charge in [0.15, 0.2) is 0 Å². The van der Waals surface area contributed by atoms with Crippen LogP contribution in [-0.2, 0) is 26.1 Å². The summed E-state index contributed by atoms with van der Waals surface area (Å²) in [4.78, 5) is 13.0. The van der Waals surface area contributed by atoms with E-state index < -0.39 is 10.8 Å². The smallest absolute Gasteiger partial charge is 0.243 e. The maximum atomic E-state index is 12.4. The summed E-state index contributed by atoms with van der Waals surface area (Å²) in [5.41, 5.74) is 1.62. The zero-order valence-corrected chi connectivity index (χ0v) is 15.3. The van der Waals surface area contributed by atoms with Gasteiger partial charge in [-0.25, -0.2) is 0 Å². The first-order valence-corrected chi connectivity index (χ1v) is 9.18. The van der Waals surface area contributed by atoms with Crippen molar-refractivity contribution in [3.05, 3.63) is 60.2 Å². The summed E-state index contributed by atoms with van der Waals surface area (Å²) >= 11 is 0. The third kappa shape index (κ3) is 5.64. The predicted octanol–water partition coefficient (Wildman–Crippen LogP) is 2.34. The van der Waals surface area contributed by atoms with Crippen molar-refractivity contribution in [2.24, 2.45) is 0 Å². The van der Waals surface area contributed by atoms with E-state index in [9.17, 15) is 9.00 Å². The molecule has 0 saturated carbocycles. The lowest BCUT2D eigenvalue weighted by Gasteiger charge is -2.23. The van der Waals surface area contributed by atoms with Gasteiger partial charge in [-0.15, -0.1) is 12.4 Å². The number of hydrogen-bond acceptors (Lipinski definition) is 4. The van der Waals surface area contributed by atoms with E-state index in [1.54, 1.807) is 0 Å². The van der Waals surface area contributed by atoms with E-state index in [1.807, 2.05) is 54.6 Å². The molecule has 0 aliphatic carbocycles. The van der Waals surface area contributed by atoms with Crippen LogP contribution in [0.5, 0.6) is 0 Å². The number of carbonyl (C=O) groups excluding carboxylic acids is 1. The first-order chi connectivity index (χ1) is 11.7. The minimum absolute atomic E-state index is 0. The summed E-state index contributed by atoms with van der Waals surface area (Å²) in [6, 6.07) is 16.5. The molecule has 2 atom stereocenters. The lowest BCUT2D eigenvalue weighted by Crippen LogP contribution is -2.48. The molecule has 134 valence electrons. The quantitative estimate of drug-likeness (QED) is 0.835. The van der Waals surface area contributed by atoms with Crippen molar-refractivity contribution in [1.82, 2.24) is 5.32 Å². The molecule has 1 heterocycles. The second kappa shape index (κ2) is 9.68. The summed E-state index contributed by atoms with van der Waals surface area (Å²) in [6.45, 7) is 1.68. The van der Waals surface area contributed by atoms with Crippen molar-refractivity contribution >= 4 is 34.8 Å². The van der Waals surface area contributed by atoms with E-state index in [-0.39, 0.29) is 24.4 Å². The van der Waals surface area contributed by atoms with Crippen LogP contribution in [0.15, 0.2) is 59.5 Å². The molecule has 2 N–H and O–H groups in total. The fraction of sp³-hybridized carbons (Fsp3) is 0.278. The topological polar surface area (TPSA) is 67.4 Å². The van der Waals surface area contributed by atoms with Gasteiger partial charge in [0.25, 0.3) is 0 Å². The van der Waals surface area contributed by atoms with Crippen molar-refractivity contribution in [2.45, 2.75) is 16.7 Å². The van der Waals surface area contributed by atoms with Gasteiger partial charge in [-0.3, -0.25) is 9.00 Å². The van der Waals surface area contributed by atoms with Crippen molar-refractivity contribution in [3.63, 3.8) is 0 Å². The lowest BCUT2D eigenvalue weighted by molar-refractivity contribution is -0.120. The number of hydrogen-bond donors (Lipinski definition) is 2. The molecule has 0 spiro atoms. The van der Waals surface area contributed by atoms with Crippen molar-refractivity contribution in [1.29, 1.82) is 0 Å². The van der Waals surface area contributed by atoms with Gasteiger partial charge in [-0.1, -0.05) is 30.3 Å². The van der Waals surface area contributed by atoms with Gasteiger partial charge in [0.1, 0.15) is 6.04 Å². The molecule has 0 radical (unpaired) electrons. The van der Waals surface area contributed by atoms with E-state index in [2.05, 4.69) is 10.6 Å². The first kappa shape index (κ1) is 19.6. The number of morpholine rings is 1. The molecular formula is C18H21ClN2O3S. The van der Waals surface area contributed by atoms with Gasteiger partial charge < -0.3 is 15.4 Å². The molecule has 3 rings (SSSR count). The van der Waals surface area contributed by atoms with Crippen molar-refractivity contribution in [2.75, 3.05) is 25.1 Å². The molecule has 1 saturated heterocycles. The van der Waals surface area contributed by atoms with Crippen molar-refractivity contribution in [3.8, 4) is 0 Å². The highest BCUT2D eigenvalue weighted by Gasteiger charge is 2.21. The van der Waals surface area contributed by atoms with Crippen LogP contribution in [0.25, 0.3) is 0 Å². The average Bonchev–Trinajstić information content (AvgIpc) is 2.63. The SMILES string of the molecule is Cl.O=C(Nc1cccc(CS(=O)c2ccccc2)c1)C1COCCN1. The molecule has 0 aromatic heterocycles. The van der Waals surface area contributed by atoms with Crippen molar-refractivity contribution < 1.29 is 13.7 Å². The van der Waals surface area contributed by atoms with E-state index in [0.717, 1.165) is 10.5 Å². The molecule has 2 unspecified atom stereocenters. The van der Waals surface area contributed by atoms with Gasteiger partial charge in [-0.2, -0.15) is 0 Å². The Morgan fingerprint density at radius 2 is 2.00 bits per heavy atom. The Balaban J connectivity index is 0.00000225. The van der Waals surface area contributed by atoms with E-state index in [0.29, 0.717) is 31.2 Å². The first-order valence-electron chi connectivity index (χ1n) is 7.87. The molecule has 2 aromatic rings. The summed E-state index contributed by atoms with van der Waals surface area (Å²) in [5.74, 6) is 0.300. The standard InChI is InChI=1S/C18H20N2O3S.ClH/c21-18(17-12-23-10-9-19-17)20-15-6-4-5-14(11-15)13-24(22)16-7-2-1-3-8-16;/h1-8,11,17,19H,9-10,12-13H2,(H,20,21);1H. The zero-order valence-electron chi connectivity index (χ0n) is 13.6.